The highest BCUT2D eigenvalue weighted by atomic mass is 32.2. The van der Waals surface area contributed by atoms with Crippen molar-refractivity contribution in [3.8, 4) is 22.3 Å². The van der Waals surface area contributed by atoms with Gasteiger partial charge >= 0.3 is 13.1 Å². The predicted molar refractivity (Wildman–Crippen MR) is 209 cm³/mol. The quantitative estimate of drug-likeness (QED) is 0.0763. The first-order valence-corrected chi connectivity index (χ1v) is 19.7. The molecule has 5 N–H and O–H groups in total. The minimum atomic E-state index is -4.34. The number of carboxylic acids is 1. The number of nitrogens with zero attached hydrogens (tertiary/aromatic N) is 2. The molecule has 1 amide bonds. The van der Waals surface area contributed by atoms with Gasteiger partial charge in [0.05, 0.1) is 16.1 Å². The minimum Gasteiger partial charge on any atom is -0.480 e. The number of aromatic nitrogens is 2. The lowest BCUT2D eigenvalue weighted by Crippen LogP contribution is -2.43. The number of amides is 1. The predicted octanol–water partition coefficient (Wildman–Crippen LogP) is 6.10. The van der Waals surface area contributed by atoms with Gasteiger partial charge in [-0.25, -0.2) is 27.0 Å². The summed E-state index contributed by atoms with van der Waals surface area (Å²) in [4.78, 5) is 32.9. The molecule has 0 aliphatic heterocycles. The molecule has 0 saturated carbocycles. The van der Waals surface area contributed by atoms with Crippen molar-refractivity contribution in [2.24, 2.45) is 0 Å². The van der Waals surface area contributed by atoms with E-state index in [9.17, 15) is 27.5 Å². The SMILES string of the molecule is O=C(N[C@@H](Cc1ccc(-c2ccsc2)c2ncccc12)C(=O)O)c1c(F)cc(NS(=O)(=O)c2ccc(-c3ccnc(F)c3)cc2)cc1F.OB(O)c1ccsc1. The van der Waals surface area contributed by atoms with Crippen LogP contribution in [0, 0.1) is 17.6 Å². The maximum Gasteiger partial charge on any atom is 0.489 e. The number of hydrogen-bond donors (Lipinski definition) is 5. The number of hydrogen-bond acceptors (Lipinski definition) is 10. The van der Waals surface area contributed by atoms with E-state index in [0.717, 1.165) is 11.1 Å². The fourth-order valence-corrected chi connectivity index (χ4v) is 7.97. The van der Waals surface area contributed by atoms with Crippen molar-refractivity contribution in [1.82, 2.24) is 15.3 Å². The number of fused-ring (bicyclic) bond motifs is 1. The van der Waals surface area contributed by atoms with Crippen LogP contribution in [0.4, 0.5) is 18.9 Å². The van der Waals surface area contributed by atoms with E-state index in [0.29, 0.717) is 45.2 Å². The zero-order valence-electron chi connectivity index (χ0n) is 28.6. The maximum atomic E-state index is 15.2. The van der Waals surface area contributed by atoms with E-state index in [1.165, 1.54) is 65.3 Å². The molecule has 284 valence electrons. The Hall–Kier alpha value is -5.92. The molecule has 0 spiro atoms. The highest BCUT2D eigenvalue weighted by Crippen LogP contribution is 2.32. The van der Waals surface area contributed by atoms with Crippen LogP contribution in [0.15, 0.2) is 124 Å². The molecule has 7 aromatic rings. The molecule has 18 heteroatoms. The molecule has 4 aromatic heterocycles. The smallest absolute Gasteiger partial charge is 0.480 e. The van der Waals surface area contributed by atoms with Gasteiger partial charge in [-0.1, -0.05) is 36.4 Å². The van der Waals surface area contributed by atoms with Crippen LogP contribution in [0.1, 0.15) is 15.9 Å². The van der Waals surface area contributed by atoms with E-state index in [-0.39, 0.29) is 11.3 Å². The van der Waals surface area contributed by atoms with Crippen LogP contribution in [0.2, 0.25) is 0 Å². The van der Waals surface area contributed by atoms with Gasteiger partial charge < -0.3 is 20.5 Å². The van der Waals surface area contributed by atoms with Crippen molar-refractivity contribution in [2.45, 2.75) is 17.4 Å². The number of benzene rings is 3. The Kier molecular flexibility index (Phi) is 12.3. The van der Waals surface area contributed by atoms with Crippen molar-refractivity contribution in [2.75, 3.05) is 4.72 Å². The number of carbonyl (C=O) groups excluding carboxylic acids is 1. The zero-order chi connectivity index (χ0) is 40.0. The van der Waals surface area contributed by atoms with Crippen molar-refractivity contribution in [1.29, 1.82) is 0 Å². The Labute approximate surface area is 326 Å². The van der Waals surface area contributed by atoms with E-state index in [1.54, 1.807) is 47.3 Å². The van der Waals surface area contributed by atoms with Gasteiger partial charge in [-0.15, -0.1) is 0 Å². The van der Waals surface area contributed by atoms with E-state index < -0.39 is 63.9 Å². The van der Waals surface area contributed by atoms with Crippen LogP contribution in [0.5, 0.6) is 0 Å². The summed E-state index contributed by atoms with van der Waals surface area (Å²) in [5.41, 5.74) is 2.86. The van der Waals surface area contributed by atoms with Gasteiger partial charge in [0.2, 0.25) is 5.95 Å². The summed E-state index contributed by atoms with van der Waals surface area (Å²) in [6, 6.07) is 18.2. The monoisotopic (exact) mass is 816 g/mol. The fourth-order valence-electron chi connectivity index (χ4n) is 5.60. The molecule has 0 bridgehead atoms. The Bertz CT molecular complexity index is 2590. The average Bonchev–Trinajstić information content (AvgIpc) is 3.91. The number of halogens is 3. The highest BCUT2D eigenvalue weighted by Gasteiger charge is 2.27. The summed E-state index contributed by atoms with van der Waals surface area (Å²) in [6.07, 6.45) is 2.65. The molecule has 0 aliphatic carbocycles. The van der Waals surface area contributed by atoms with Crippen LogP contribution < -0.4 is 15.5 Å². The fraction of sp³-hybridized carbons (Fsp3) is 0.0526. The van der Waals surface area contributed by atoms with E-state index in [2.05, 4.69) is 20.0 Å². The first-order chi connectivity index (χ1) is 26.8. The van der Waals surface area contributed by atoms with Gasteiger partial charge in [0.15, 0.2) is 0 Å². The molecule has 56 heavy (non-hydrogen) atoms. The molecule has 7 rings (SSSR count). The zero-order valence-corrected chi connectivity index (χ0v) is 31.1. The number of carboxylic acid groups (broad SMARTS) is 1. The lowest BCUT2D eigenvalue weighted by Gasteiger charge is -2.17. The number of carbonyl (C=O) groups is 2. The lowest BCUT2D eigenvalue weighted by atomic mass is 9.83. The molecule has 3 aromatic carbocycles. The Morgan fingerprint density at radius 1 is 0.804 bits per heavy atom. The van der Waals surface area contributed by atoms with Crippen molar-refractivity contribution < 1.29 is 46.3 Å². The summed E-state index contributed by atoms with van der Waals surface area (Å²) in [5.74, 6) is -6.32. The summed E-state index contributed by atoms with van der Waals surface area (Å²) in [5, 5.41) is 37.1. The Morgan fingerprint density at radius 2 is 1.52 bits per heavy atom. The molecular weight excluding hydrogens is 788 g/mol. The first-order valence-electron chi connectivity index (χ1n) is 16.4. The second-order valence-corrected chi connectivity index (χ2v) is 15.2. The summed E-state index contributed by atoms with van der Waals surface area (Å²) < 4.78 is 71.7. The Morgan fingerprint density at radius 3 is 2.12 bits per heavy atom. The summed E-state index contributed by atoms with van der Waals surface area (Å²) in [7, 11) is -5.64. The highest BCUT2D eigenvalue weighted by molar-refractivity contribution is 7.92. The second-order valence-electron chi connectivity index (χ2n) is 12.0. The second kappa shape index (κ2) is 17.3. The normalized spacial score (nSPS) is 11.7. The van der Waals surface area contributed by atoms with Crippen LogP contribution in [-0.4, -0.2) is 58.6 Å². The van der Waals surface area contributed by atoms with E-state index >= 15 is 8.78 Å². The maximum absolute atomic E-state index is 15.2. The third-order valence-corrected chi connectivity index (χ3v) is 11.1. The Balaban J connectivity index is 0.000000592. The third kappa shape index (κ3) is 9.30. The number of sulfonamides is 1. The first kappa shape index (κ1) is 39.8. The molecule has 0 fully saturated rings. The number of aliphatic carboxylic acids is 1. The van der Waals surface area contributed by atoms with Crippen molar-refractivity contribution in [3.63, 3.8) is 0 Å². The largest absolute Gasteiger partial charge is 0.489 e. The molecular formula is C38H28BF3N4O7S3. The van der Waals surface area contributed by atoms with Crippen LogP contribution in [-0.2, 0) is 21.2 Å². The number of nitrogens with one attached hydrogen (secondary N) is 2. The summed E-state index contributed by atoms with van der Waals surface area (Å²) in [6.45, 7) is 0. The molecule has 4 heterocycles. The summed E-state index contributed by atoms with van der Waals surface area (Å²) >= 11 is 2.96. The molecule has 11 nitrogen and oxygen atoms in total. The van der Waals surface area contributed by atoms with Gasteiger partial charge in [-0.2, -0.15) is 27.1 Å². The van der Waals surface area contributed by atoms with Gasteiger partial charge in [-0.05, 0) is 91.7 Å². The number of rotatable bonds is 11. The van der Waals surface area contributed by atoms with Crippen molar-refractivity contribution in [3.05, 3.63) is 148 Å². The van der Waals surface area contributed by atoms with Crippen LogP contribution in [0.25, 0.3) is 33.2 Å². The van der Waals surface area contributed by atoms with Crippen molar-refractivity contribution >= 4 is 73.7 Å². The van der Waals surface area contributed by atoms with Gasteiger partial charge in [-0.3, -0.25) is 14.5 Å². The molecule has 0 aliphatic rings. The van der Waals surface area contributed by atoms with Gasteiger partial charge in [0.25, 0.3) is 15.9 Å². The molecule has 1 atom stereocenters. The van der Waals surface area contributed by atoms with Gasteiger partial charge in [0.1, 0.15) is 23.2 Å². The van der Waals surface area contributed by atoms with Crippen LogP contribution >= 0.6 is 22.7 Å². The number of thiophene rings is 2. The number of pyridine rings is 2. The van der Waals surface area contributed by atoms with E-state index in [4.69, 9.17) is 10.0 Å². The van der Waals surface area contributed by atoms with E-state index in [1.807, 2.05) is 16.8 Å². The minimum absolute atomic E-state index is 0.219. The third-order valence-electron chi connectivity index (χ3n) is 8.31. The topological polar surface area (TPSA) is 179 Å². The molecule has 0 unspecified atom stereocenters. The lowest BCUT2D eigenvalue weighted by molar-refractivity contribution is -0.139. The standard InChI is InChI=1S/C34H23F3N4O5S2.C4H5BO2S/c35-27-16-23(41-48(45,46)24-6-3-19(4-7-24)20-9-12-38-30(37)15-20)17-28(36)31(27)33(42)40-29(34(43)44)14-21-5-8-26(22-10-13-47-18-22)32-25(21)2-1-11-39-32;6-5(7)4-1-2-8-3-4/h1-13,15-18,29,41H,14H2,(H,40,42)(H,43,44);1-3,6-7H/t29-;/m0./s1. The van der Waals surface area contributed by atoms with Gasteiger partial charge in [0, 0.05) is 35.8 Å². The van der Waals surface area contributed by atoms with Crippen LogP contribution in [0.3, 0.4) is 0 Å². The number of anilines is 1. The average molecular weight is 817 g/mol. The molecule has 0 radical (unpaired) electrons. The molecule has 0 saturated heterocycles.